The number of aliphatic hydroxyl groups is 1. The van der Waals surface area contributed by atoms with E-state index < -0.39 is 0 Å². The molecule has 2 rings (SSSR count). The predicted octanol–water partition coefficient (Wildman–Crippen LogP) is 0.310. The number of carbonyl (C=O) groups is 1. The molecule has 0 aromatic heterocycles. The van der Waals surface area contributed by atoms with E-state index in [9.17, 15) is 9.90 Å². The van der Waals surface area contributed by atoms with Crippen LogP contribution in [-0.4, -0.2) is 59.6 Å². The van der Waals surface area contributed by atoms with Gasteiger partial charge in [-0.2, -0.15) is 0 Å². The van der Waals surface area contributed by atoms with Crippen molar-refractivity contribution >= 4 is 5.91 Å². The van der Waals surface area contributed by atoms with E-state index in [1.165, 1.54) is 0 Å². The molecule has 1 N–H and O–H groups in total. The molecule has 2 atom stereocenters. The van der Waals surface area contributed by atoms with Crippen LogP contribution in [0.4, 0.5) is 0 Å². The molecule has 4 nitrogen and oxygen atoms in total. The Morgan fingerprint density at radius 2 is 2.12 bits per heavy atom. The van der Waals surface area contributed by atoms with E-state index in [1.54, 1.807) is 0 Å². The van der Waals surface area contributed by atoms with E-state index in [-0.39, 0.29) is 17.9 Å². The van der Waals surface area contributed by atoms with Crippen LogP contribution in [-0.2, 0) is 4.79 Å². The molecule has 16 heavy (non-hydrogen) atoms. The second kappa shape index (κ2) is 4.72. The summed E-state index contributed by atoms with van der Waals surface area (Å²) in [6.45, 7) is 4.25. The van der Waals surface area contributed by atoms with Gasteiger partial charge in [-0.15, -0.1) is 0 Å². The smallest absolute Gasteiger partial charge is 0.236 e. The van der Waals surface area contributed by atoms with Gasteiger partial charge in [-0.1, -0.05) is 6.92 Å². The van der Waals surface area contributed by atoms with Gasteiger partial charge in [0.1, 0.15) is 0 Å². The summed E-state index contributed by atoms with van der Waals surface area (Å²) >= 11 is 0. The third-order valence-corrected chi connectivity index (χ3v) is 3.79. The van der Waals surface area contributed by atoms with Crippen molar-refractivity contribution in [3.8, 4) is 0 Å². The molecule has 1 aliphatic carbocycles. The van der Waals surface area contributed by atoms with Crippen molar-refractivity contribution in [2.45, 2.75) is 38.3 Å². The molecule has 0 radical (unpaired) electrons. The van der Waals surface area contributed by atoms with Crippen LogP contribution in [0.5, 0.6) is 0 Å². The molecular formula is C12H22N2O2. The maximum absolute atomic E-state index is 11.9. The number of likely N-dealkylation sites (N-methyl/N-ethyl adjacent to an activating group) is 1. The number of amides is 1. The minimum Gasteiger partial charge on any atom is -0.393 e. The Morgan fingerprint density at radius 3 is 2.69 bits per heavy atom. The van der Waals surface area contributed by atoms with Crippen molar-refractivity contribution < 1.29 is 9.90 Å². The first-order valence-corrected chi connectivity index (χ1v) is 6.24. The van der Waals surface area contributed by atoms with Crippen molar-refractivity contribution in [3.63, 3.8) is 0 Å². The number of likely N-dealkylation sites (tertiary alicyclic amines) is 1. The van der Waals surface area contributed by atoms with E-state index in [1.807, 2.05) is 18.9 Å². The summed E-state index contributed by atoms with van der Waals surface area (Å²) in [6.07, 6.45) is 2.93. The van der Waals surface area contributed by atoms with Crippen LogP contribution in [0.25, 0.3) is 0 Å². The largest absolute Gasteiger partial charge is 0.393 e. The fourth-order valence-electron chi connectivity index (χ4n) is 2.33. The second-order valence-electron chi connectivity index (χ2n) is 5.30. The zero-order valence-electron chi connectivity index (χ0n) is 10.2. The Balaban J connectivity index is 1.78. The number of rotatable bonds is 3. The molecule has 92 valence electrons. The molecule has 1 aliphatic heterocycles. The number of piperidine rings is 1. The van der Waals surface area contributed by atoms with Crippen LogP contribution in [0.3, 0.4) is 0 Å². The summed E-state index contributed by atoms with van der Waals surface area (Å²) in [7, 11) is 1.90. The van der Waals surface area contributed by atoms with Crippen molar-refractivity contribution in [2.75, 3.05) is 26.7 Å². The van der Waals surface area contributed by atoms with E-state index in [2.05, 4.69) is 4.90 Å². The predicted molar refractivity (Wildman–Crippen MR) is 62.0 cm³/mol. The van der Waals surface area contributed by atoms with Gasteiger partial charge >= 0.3 is 0 Å². The fraction of sp³-hybridized carbons (Fsp3) is 0.917. The summed E-state index contributed by atoms with van der Waals surface area (Å²) in [5.41, 5.74) is 0. The van der Waals surface area contributed by atoms with Gasteiger partial charge in [0.15, 0.2) is 0 Å². The lowest BCUT2D eigenvalue weighted by Gasteiger charge is -2.34. The van der Waals surface area contributed by atoms with Crippen LogP contribution in [0.2, 0.25) is 0 Å². The molecule has 1 saturated heterocycles. The van der Waals surface area contributed by atoms with Gasteiger partial charge in [-0.25, -0.2) is 0 Å². The normalized spacial score (nSPS) is 31.4. The fourth-order valence-corrected chi connectivity index (χ4v) is 2.33. The van der Waals surface area contributed by atoms with Crippen LogP contribution < -0.4 is 0 Å². The van der Waals surface area contributed by atoms with Gasteiger partial charge in [-0.05, 0) is 25.2 Å². The van der Waals surface area contributed by atoms with Gasteiger partial charge in [0, 0.05) is 26.2 Å². The molecule has 0 spiro atoms. The SMILES string of the molecule is CC1CN(CC(=O)N(C)C2CC2)CCC1O. The van der Waals surface area contributed by atoms with Gasteiger partial charge in [0.25, 0.3) is 0 Å². The third-order valence-electron chi connectivity index (χ3n) is 3.79. The number of hydrogen-bond donors (Lipinski definition) is 1. The Hall–Kier alpha value is -0.610. The Bertz CT molecular complexity index is 266. The zero-order valence-corrected chi connectivity index (χ0v) is 10.2. The first-order chi connectivity index (χ1) is 7.58. The minimum atomic E-state index is -0.187. The number of carbonyl (C=O) groups excluding carboxylic acids is 1. The van der Waals surface area contributed by atoms with Gasteiger partial charge in [0.2, 0.25) is 5.91 Å². The molecule has 0 bridgehead atoms. The third kappa shape index (κ3) is 2.74. The lowest BCUT2D eigenvalue weighted by Crippen LogP contribution is -2.46. The van der Waals surface area contributed by atoms with Gasteiger partial charge < -0.3 is 10.0 Å². The zero-order chi connectivity index (χ0) is 11.7. The van der Waals surface area contributed by atoms with E-state index in [4.69, 9.17) is 0 Å². The molecular weight excluding hydrogens is 204 g/mol. The first-order valence-electron chi connectivity index (χ1n) is 6.24. The molecule has 1 heterocycles. The first kappa shape index (κ1) is 11.9. The topological polar surface area (TPSA) is 43.8 Å². The Labute approximate surface area is 97.2 Å². The standard InChI is InChI=1S/C12H22N2O2/c1-9-7-14(6-5-11(9)15)8-12(16)13(2)10-3-4-10/h9-11,15H,3-8H2,1-2H3. The molecule has 0 aromatic carbocycles. The highest BCUT2D eigenvalue weighted by Crippen LogP contribution is 2.25. The number of aliphatic hydroxyl groups excluding tert-OH is 1. The molecule has 0 aromatic rings. The average Bonchev–Trinajstić information content (AvgIpc) is 3.06. The van der Waals surface area contributed by atoms with E-state index in [0.29, 0.717) is 12.6 Å². The van der Waals surface area contributed by atoms with Crippen molar-refractivity contribution in [3.05, 3.63) is 0 Å². The van der Waals surface area contributed by atoms with Crippen LogP contribution in [0.15, 0.2) is 0 Å². The molecule has 2 aliphatic rings. The molecule has 2 fully saturated rings. The van der Waals surface area contributed by atoms with Crippen LogP contribution in [0.1, 0.15) is 26.2 Å². The summed E-state index contributed by atoms with van der Waals surface area (Å²) in [5.74, 6) is 0.513. The Kier molecular flexibility index (Phi) is 3.50. The van der Waals surface area contributed by atoms with Crippen molar-refractivity contribution in [2.24, 2.45) is 5.92 Å². The minimum absolute atomic E-state index is 0.187. The number of nitrogens with zero attached hydrogens (tertiary/aromatic N) is 2. The maximum Gasteiger partial charge on any atom is 0.236 e. The lowest BCUT2D eigenvalue weighted by atomic mass is 9.97. The highest BCUT2D eigenvalue weighted by Gasteiger charge is 2.31. The van der Waals surface area contributed by atoms with E-state index in [0.717, 1.165) is 32.4 Å². The van der Waals surface area contributed by atoms with Crippen LogP contribution in [0, 0.1) is 5.92 Å². The Morgan fingerprint density at radius 1 is 1.44 bits per heavy atom. The van der Waals surface area contributed by atoms with Crippen molar-refractivity contribution in [1.29, 1.82) is 0 Å². The monoisotopic (exact) mass is 226 g/mol. The highest BCUT2D eigenvalue weighted by molar-refractivity contribution is 5.78. The van der Waals surface area contributed by atoms with Gasteiger partial charge in [-0.3, -0.25) is 9.69 Å². The quantitative estimate of drug-likeness (QED) is 0.753. The summed E-state index contributed by atoms with van der Waals surface area (Å²) in [5, 5.41) is 9.61. The molecule has 4 heteroatoms. The number of hydrogen-bond acceptors (Lipinski definition) is 3. The summed E-state index contributed by atoms with van der Waals surface area (Å²) in [4.78, 5) is 16.0. The highest BCUT2D eigenvalue weighted by atomic mass is 16.3. The summed E-state index contributed by atoms with van der Waals surface area (Å²) < 4.78 is 0. The molecule has 1 amide bonds. The second-order valence-corrected chi connectivity index (χ2v) is 5.30. The van der Waals surface area contributed by atoms with Gasteiger partial charge in [0.05, 0.1) is 12.6 Å². The van der Waals surface area contributed by atoms with Crippen LogP contribution >= 0.6 is 0 Å². The molecule has 1 saturated carbocycles. The lowest BCUT2D eigenvalue weighted by molar-refractivity contribution is -0.132. The summed E-state index contributed by atoms with van der Waals surface area (Å²) in [6, 6.07) is 0.500. The molecule has 2 unspecified atom stereocenters. The van der Waals surface area contributed by atoms with Crippen molar-refractivity contribution in [1.82, 2.24) is 9.80 Å². The maximum atomic E-state index is 11.9. The van der Waals surface area contributed by atoms with E-state index >= 15 is 0 Å². The average molecular weight is 226 g/mol.